The van der Waals surface area contributed by atoms with E-state index in [1.54, 1.807) is 0 Å². The SMILES string of the molecule is C=C(C)CCc1c(C)cc(C2=NCC(c3nn(C)c4c3CCC(C)(C)C4)=N2)cc1C. The predicted octanol–water partition coefficient (Wildman–Crippen LogP) is 5.31. The van der Waals surface area contributed by atoms with E-state index in [0.29, 0.717) is 12.0 Å². The van der Waals surface area contributed by atoms with Crippen molar-refractivity contribution >= 4 is 11.5 Å². The molecule has 2 heterocycles. The van der Waals surface area contributed by atoms with Crippen molar-refractivity contribution in [3.63, 3.8) is 0 Å². The van der Waals surface area contributed by atoms with Gasteiger partial charge in [0, 0.05) is 23.9 Å². The lowest BCUT2D eigenvalue weighted by Crippen LogP contribution is -2.24. The lowest BCUT2D eigenvalue weighted by Gasteiger charge is -2.29. The molecule has 2 aliphatic rings. The molecule has 4 nitrogen and oxygen atoms in total. The molecule has 4 rings (SSSR count). The largest absolute Gasteiger partial charge is 0.272 e. The van der Waals surface area contributed by atoms with Gasteiger partial charge in [0.1, 0.15) is 5.69 Å². The smallest absolute Gasteiger partial charge is 0.155 e. The van der Waals surface area contributed by atoms with Gasteiger partial charge in [-0.2, -0.15) is 5.10 Å². The molecule has 0 fully saturated rings. The third-order valence-corrected chi connectivity index (χ3v) is 6.62. The van der Waals surface area contributed by atoms with Gasteiger partial charge < -0.3 is 0 Å². The van der Waals surface area contributed by atoms with Gasteiger partial charge in [-0.15, -0.1) is 6.58 Å². The van der Waals surface area contributed by atoms with Crippen molar-refractivity contribution in [3.8, 4) is 0 Å². The summed E-state index contributed by atoms with van der Waals surface area (Å²) in [7, 11) is 2.07. The number of hydrogen-bond donors (Lipinski definition) is 0. The highest BCUT2D eigenvalue weighted by molar-refractivity contribution is 6.17. The molecule has 0 saturated heterocycles. The van der Waals surface area contributed by atoms with E-state index in [1.165, 1.54) is 39.9 Å². The second-order valence-electron chi connectivity index (χ2n) is 9.98. The summed E-state index contributed by atoms with van der Waals surface area (Å²) in [6.07, 6.45) is 5.44. The minimum atomic E-state index is 0.345. The van der Waals surface area contributed by atoms with Gasteiger partial charge in [0.05, 0.1) is 12.3 Å². The molecule has 0 N–H and O–H groups in total. The third kappa shape index (κ3) is 3.92. The number of allylic oxidation sites excluding steroid dienone is 1. The minimum Gasteiger partial charge on any atom is -0.272 e. The summed E-state index contributed by atoms with van der Waals surface area (Å²) >= 11 is 0. The monoisotopic (exact) mass is 402 g/mol. The van der Waals surface area contributed by atoms with E-state index in [-0.39, 0.29) is 0 Å². The quantitative estimate of drug-likeness (QED) is 0.625. The first kappa shape index (κ1) is 20.8. The fourth-order valence-electron chi connectivity index (χ4n) is 4.81. The minimum absolute atomic E-state index is 0.345. The van der Waals surface area contributed by atoms with Gasteiger partial charge in [0.25, 0.3) is 0 Å². The summed E-state index contributed by atoms with van der Waals surface area (Å²) in [5.74, 6) is 0.846. The van der Waals surface area contributed by atoms with Crippen LogP contribution >= 0.6 is 0 Å². The molecular weight excluding hydrogens is 368 g/mol. The fourth-order valence-corrected chi connectivity index (χ4v) is 4.81. The van der Waals surface area contributed by atoms with Gasteiger partial charge in [-0.25, -0.2) is 4.99 Å². The number of benzene rings is 1. The molecule has 0 radical (unpaired) electrons. The molecule has 0 bridgehead atoms. The van der Waals surface area contributed by atoms with Crippen LogP contribution in [-0.2, 0) is 26.3 Å². The number of aryl methyl sites for hydroxylation is 3. The fraction of sp³-hybridized carbons (Fsp3) is 0.500. The number of nitrogens with zero attached hydrogens (tertiary/aromatic N) is 4. The van der Waals surface area contributed by atoms with E-state index in [0.717, 1.165) is 48.5 Å². The van der Waals surface area contributed by atoms with Crippen LogP contribution in [-0.4, -0.2) is 27.9 Å². The van der Waals surface area contributed by atoms with Crippen LogP contribution in [0, 0.1) is 19.3 Å². The van der Waals surface area contributed by atoms with E-state index < -0.39 is 0 Å². The van der Waals surface area contributed by atoms with Crippen LogP contribution in [0.15, 0.2) is 34.3 Å². The second kappa shape index (κ2) is 7.64. The Bertz CT molecular complexity index is 1060. The average Bonchev–Trinajstić information content (AvgIpc) is 3.25. The van der Waals surface area contributed by atoms with Crippen molar-refractivity contribution in [1.82, 2.24) is 9.78 Å². The maximum absolute atomic E-state index is 4.95. The molecule has 0 saturated carbocycles. The normalized spacial score (nSPS) is 17.5. The zero-order valence-electron chi connectivity index (χ0n) is 19.4. The highest BCUT2D eigenvalue weighted by Gasteiger charge is 2.32. The van der Waals surface area contributed by atoms with Crippen molar-refractivity contribution in [2.45, 2.75) is 66.7 Å². The standard InChI is InChI=1S/C26H34N4/c1-16(2)8-9-20-17(3)12-19(13-18(20)4)25-27-15-22(28-25)24-21-10-11-26(5,6)14-23(21)30(7)29-24/h12-13H,1,8-11,14-15H2,2-7H3. The van der Waals surface area contributed by atoms with E-state index in [1.807, 2.05) is 0 Å². The van der Waals surface area contributed by atoms with Crippen LogP contribution in [0.5, 0.6) is 0 Å². The average molecular weight is 403 g/mol. The van der Waals surface area contributed by atoms with Crippen LogP contribution in [0.1, 0.15) is 72.8 Å². The Morgan fingerprint density at radius 2 is 1.90 bits per heavy atom. The van der Waals surface area contributed by atoms with Gasteiger partial charge in [0.15, 0.2) is 5.84 Å². The molecule has 0 unspecified atom stereocenters. The first-order valence-corrected chi connectivity index (χ1v) is 11.1. The lowest BCUT2D eigenvalue weighted by atomic mass is 9.76. The third-order valence-electron chi connectivity index (χ3n) is 6.62. The van der Waals surface area contributed by atoms with Crippen molar-refractivity contribution in [2.24, 2.45) is 22.4 Å². The Morgan fingerprint density at radius 1 is 1.20 bits per heavy atom. The zero-order valence-corrected chi connectivity index (χ0v) is 19.4. The molecule has 158 valence electrons. The Morgan fingerprint density at radius 3 is 2.57 bits per heavy atom. The van der Waals surface area contributed by atoms with E-state index in [4.69, 9.17) is 15.1 Å². The molecule has 4 heteroatoms. The Labute approximate surface area is 180 Å². The Kier molecular flexibility index (Phi) is 5.29. The number of aliphatic imine (C=N–C) groups is 2. The first-order valence-electron chi connectivity index (χ1n) is 11.1. The van der Waals surface area contributed by atoms with Crippen molar-refractivity contribution < 1.29 is 0 Å². The summed E-state index contributed by atoms with van der Waals surface area (Å²) in [4.78, 5) is 9.74. The van der Waals surface area contributed by atoms with Crippen molar-refractivity contribution in [1.29, 1.82) is 0 Å². The number of hydrogen-bond acceptors (Lipinski definition) is 3. The molecular formula is C26H34N4. The molecule has 0 spiro atoms. The van der Waals surface area contributed by atoms with E-state index in [9.17, 15) is 0 Å². The van der Waals surface area contributed by atoms with E-state index >= 15 is 0 Å². The summed E-state index contributed by atoms with van der Waals surface area (Å²) in [5.41, 5.74) is 11.6. The molecule has 1 aliphatic carbocycles. The van der Waals surface area contributed by atoms with Gasteiger partial charge >= 0.3 is 0 Å². The van der Waals surface area contributed by atoms with Crippen LogP contribution in [0.25, 0.3) is 0 Å². The molecule has 1 aliphatic heterocycles. The van der Waals surface area contributed by atoms with E-state index in [2.05, 4.69) is 65.1 Å². The highest BCUT2D eigenvalue weighted by atomic mass is 15.3. The van der Waals surface area contributed by atoms with Crippen LogP contribution in [0.4, 0.5) is 0 Å². The number of aromatic nitrogens is 2. The first-order chi connectivity index (χ1) is 14.1. The molecule has 0 amide bonds. The van der Waals surface area contributed by atoms with Crippen LogP contribution < -0.4 is 0 Å². The maximum Gasteiger partial charge on any atom is 0.155 e. The molecule has 2 aromatic rings. The zero-order chi connectivity index (χ0) is 21.6. The Hall–Kier alpha value is -2.49. The van der Waals surface area contributed by atoms with Crippen molar-refractivity contribution in [3.05, 3.63) is 63.5 Å². The molecule has 1 aromatic heterocycles. The topological polar surface area (TPSA) is 42.5 Å². The summed E-state index contributed by atoms with van der Waals surface area (Å²) in [6.45, 7) is 15.9. The maximum atomic E-state index is 4.95. The van der Waals surface area contributed by atoms with Gasteiger partial charge in [-0.1, -0.05) is 19.4 Å². The highest BCUT2D eigenvalue weighted by Crippen LogP contribution is 2.36. The van der Waals surface area contributed by atoms with Gasteiger partial charge in [0.2, 0.25) is 0 Å². The summed E-state index contributed by atoms with van der Waals surface area (Å²) in [6, 6.07) is 4.48. The number of amidine groups is 1. The summed E-state index contributed by atoms with van der Waals surface area (Å²) < 4.78 is 2.07. The van der Waals surface area contributed by atoms with Crippen LogP contribution in [0.2, 0.25) is 0 Å². The molecule has 1 aromatic carbocycles. The van der Waals surface area contributed by atoms with Crippen molar-refractivity contribution in [2.75, 3.05) is 6.54 Å². The predicted molar refractivity (Wildman–Crippen MR) is 126 cm³/mol. The second-order valence-corrected chi connectivity index (χ2v) is 9.98. The van der Waals surface area contributed by atoms with Gasteiger partial charge in [-0.3, -0.25) is 9.67 Å². The lowest BCUT2D eigenvalue weighted by molar-refractivity contribution is 0.306. The summed E-state index contributed by atoms with van der Waals surface area (Å²) in [5, 5.41) is 4.86. The van der Waals surface area contributed by atoms with Crippen LogP contribution in [0.3, 0.4) is 0 Å². The van der Waals surface area contributed by atoms with Gasteiger partial charge in [-0.05, 0) is 87.1 Å². The Balaban J connectivity index is 1.61. The number of rotatable bonds is 5. The molecule has 0 atom stereocenters. The number of fused-ring (bicyclic) bond motifs is 1. The molecule has 30 heavy (non-hydrogen) atoms.